The van der Waals surface area contributed by atoms with Gasteiger partial charge in [-0.05, 0) is 7.05 Å². The fraction of sp³-hybridized carbons (Fsp3) is 0.417. The maximum atomic E-state index is 7.32. The quantitative estimate of drug-likeness (QED) is 0.819. The molecule has 0 radical (unpaired) electrons. The minimum atomic E-state index is 0.693. The number of pyridine rings is 1. The van der Waals surface area contributed by atoms with Crippen LogP contribution in [0.15, 0.2) is 29.8 Å². The molecule has 0 bridgehead atoms. The van der Waals surface area contributed by atoms with E-state index in [1.807, 2.05) is 22.9 Å². The maximum absolute atomic E-state index is 7.32. The second-order valence-electron chi connectivity index (χ2n) is 4.64. The Labute approximate surface area is 105 Å². The second-order valence-corrected chi connectivity index (χ2v) is 4.64. The number of hydrogen-bond acceptors (Lipinski definition) is 5. The fourth-order valence-corrected chi connectivity index (χ4v) is 2.32. The van der Waals surface area contributed by atoms with Gasteiger partial charge >= 0.3 is 0 Å². The lowest BCUT2D eigenvalue weighted by molar-refractivity contribution is 0.313. The monoisotopic (exact) mass is 244 g/mol. The largest absolute Gasteiger partial charge is 0.366 e. The Bertz CT molecular complexity index is 567. The van der Waals surface area contributed by atoms with Crippen molar-refractivity contribution in [1.29, 1.82) is 5.53 Å². The summed E-state index contributed by atoms with van der Waals surface area (Å²) in [5.74, 6) is 0. The zero-order valence-electron chi connectivity index (χ0n) is 10.4. The summed E-state index contributed by atoms with van der Waals surface area (Å²) in [5, 5.41) is 3.64. The summed E-state index contributed by atoms with van der Waals surface area (Å²) >= 11 is 0. The predicted octanol–water partition coefficient (Wildman–Crippen LogP) is 1.75. The van der Waals surface area contributed by atoms with Crippen molar-refractivity contribution in [3.63, 3.8) is 0 Å². The van der Waals surface area contributed by atoms with Crippen LogP contribution in [0.25, 0.3) is 5.65 Å². The van der Waals surface area contributed by atoms with Gasteiger partial charge in [-0.3, -0.25) is 0 Å². The molecule has 18 heavy (non-hydrogen) atoms. The first-order valence-corrected chi connectivity index (χ1v) is 6.05. The van der Waals surface area contributed by atoms with Gasteiger partial charge in [-0.2, -0.15) is 5.11 Å². The first-order valence-electron chi connectivity index (χ1n) is 6.05. The molecule has 3 rings (SSSR count). The number of imidazole rings is 1. The maximum Gasteiger partial charge on any atom is 0.139 e. The highest BCUT2D eigenvalue weighted by atomic mass is 15.3. The van der Waals surface area contributed by atoms with Crippen LogP contribution in [-0.4, -0.2) is 47.5 Å². The third-order valence-corrected chi connectivity index (χ3v) is 3.45. The molecule has 3 heterocycles. The second kappa shape index (κ2) is 4.38. The Hall–Kier alpha value is -1.95. The molecule has 0 aromatic carbocycles. The summed E-state index contributed by atoms with van der Waals surface area (Å²) in [6.07, 6.45) is 5.69. The predicted molar refractivity (Wildman–Crippen MR) is 69.7 cm³/mol. The zero-order chi connectivity index (χ0) is 12.5. The van der Waals surface area contributed by atoms with Crippen molar-refractivity contribution in [2.24, 2.45) is 5.11 Å². The molecular formula is C12H16N6. The van der Waals surface area contributed by atoms with E-state index in [1.165, 1.54) is 0 Å². The topological polar surface area (TPSA) is 60.0 Å². The van der Waals surface area contributed by atoms with Crippen molar-refractivity contribution in [3.8, 4) is 0 Å². The molecule has 0 aliphatic carbocycles. The van der Waals surface area contributed by atoms with E-state index in [-0.39, 0.29) is 0 Å². The lowest BCUT2D eigenvalue weighted by atomic mass is 10.2. The molecule has 1 fully saturated rings. The summed E-state index contributed by atoms with van der Waals surface area (Å²) in [6, 6.07) is 1.86. The summed E-state index contributed by atoms with van der Waals surface area (Å²) in [6.45, 7) is 4.03. The Morgan fingerprint density at radius 3 is 2.78 bits per heavy atom. The molecule has 1 aliphatic heterocycles. The van der Waals surface area contributed by atoms with Crippen molar-refractivity contribution in [2.75, 3.05) is 38.1 Å². The lowest BCUT2D eigenvalue weighted by Crippen LogP contribution is -2.44. The van der Waals surface area contributed by atoms with Crippen LogP contribution < -0.4 is 4.90 Å². The molecule has 2 aromatic heterocycles. The van der Waals surface area contributed by atoms with E-state index in [9.17, 15) is 0 Å². The molecule has 0 spiro atoms. The summed E-state index contributed by atoms with van der Waals surface area (Å²) in [5.41, 5.74) is 9.86. The third kappa shape index (κ3) is 1.84. The van der Waals surface area contributed by atoms with Gasteiger partial charge in [0.25, 0.3) is 0 Å². The number of rotatable bonds is 2. The van der Waals surface area contributed by atoms with E-state index in [1.54, 1.807) is 6.20 Å². The van der Waals surface area contributed by atoms with Gasteiger partial charge in [0, 0.05) is 50.8 Å². The highest BCUT2D eigenvalue weighted by Crippen LogP contribution is 2.30. The van der Waals surface area contributed by atoms with E-state index < -0.39 is 0 Å². The van der Waals surface area contributed by atoms with Gasteiger partial charge in [-0.25, -0.2) is 10.5 Å². The molecule has 0 atom stereocenters. The van der Waals surface area contributed by atoms with Gasteiger partial charge in [0.15, 0.2) is 0 Å². The molecule has 0 unspecified atom stereocenters. The SMILES string of the molecule is CN1CCN(c2cn3ccnc3cc2N=N)CC1. The Morgan fingerprint density at radius 2 is 2.06 bits per heavy atom. The lowest BCUT2D eigenvalue weighted by Gasteiger charge is -2.34. The number of aromatic nitrogens is 2. The average Bonchev–Trinajstić information content (AvgIpc) is 2.85. The van der Waals surface area contributed by atoms with Crippen molar-refractivity contribution in [1.82, 2.24) is 14.3 Å². The van der Waals surface area contributed by atoms with Gasteiger partial charge in [-0.1, -0.05) is 0 Å². The number of nitrogens with one attached hydrogen (secondary N) is 1. The fourth-order valence-electron chi connectivity index (χ4n) is 2.32. The van der Waals surface area contributed by atoms with Gasteiger partial charge in [-0.15, -0.1) is 0 Å². The van der Waals surface area contributed by atoms with Gasteiger partial charge in [0.2, 0.25) is 0 Å². The van der Waals surface area contributed by atoms with Crippen LogP contribution in [-0.2, 0) is 0 Å². The first kappa shape index (κ1) is 11.2. The number of anilines is 1. The Kier molecular flexibility index (Phi) is 2.71. The van der Waals surface area contributed by atoms with Crippen LogP contribution in [0, 0.1) is 5.53 Å². The first-order chi connectivity index (χ1) is 8.78. The minimum Gasteiger partial charge on any atom is -0.366 e. The van der Waals surface area contributed by atoms with Crippen LogP contribution in [0.3, 0.4) is 0 Å². The molecule has 94 valence electrons. The van der Waals surface area contributed by atoms with Crippen molar-refractivity contribution < 1.29 is 0 Å². The van der Waals surface area contributed by atoms with Crippen molar-refractivity contribution >= 4 is 17.0 Å². The van der Waals surface area contributed by atoms with Crippen LogP contribution >= 0.6 is 0 Å². The average molecular weight is 244 g/mol. The van der Waals surface area contributed by atoms with Gasteiger partial charge in [0.1, 0.15) is 11.3 Å². The molecule has 0 amide bonds. The highest BCUT2D eigenvalue weighted by Gasteiger charge is 2.18. The van der Waals surface area contributed by atoms with E-state index in [4.69, 9.17) is 5.53 Å². The Morgan fingerprint density at radius 1 is 1.28 bits per heavy atom. The number of fused-ring (bicyclic) bond motifs is 1. The number of nitrogens with zero attached hydrogens (tertiary/aromatic N) is 5. The molecular weight excluding hydrogens is 228 g/mol. The van der Waals surface area contributed by atoms with E-state index in [0.717, 1.165) is 37.5 Å². The summed E-state index contributed by atoms with van der Waals surface area (Å²) in [4.78, 5) is 8.81. The van der Waals surface area contributed by atoms with Crippen molar-refractivity contribution in [3.05, 3.63) is 24.7 Å². The normalized spacial score (nSPS) is 17.3. The highest BCUT2D eigenvalue weighted by molar-refractivity contribution is 5.70. The molecule has 1 N–H and O–H groups in total. The van der Waals surface area contributed by atoms with Gasteiger partial charge < -0.3 is 14.2 Å². The van der Waals surface area contributed by atoms with Crippen LogP contribution in [0.5, 0.6) is 0 Å². The van der Waals surface area contributed by atoms with E-state index in [2.05, 4.69) is 26.9 Å². The Balaban J connectivity index is 2.01. The van der Waals surface area contributed by atoms with Crippen LogP contribution in [0.2, 0.25) is 0 Å². The standard InChI is InChI=1S/C12H16N6/c1-16-4-6-17(7-5-16)11-9-18-3-2-14-12(18)8-10(11)15-13/h2-3,8-9,13H,4-7H2,1H3. The van der Waals surface area contributed by atoms with Gasteiger partial charge in [0.05, 0.1) is 5.69 Å². The molecule has 6 heteroatoms. The van der Waals surface area contributed by atoms with Crippen LogP contribution in [0.4, 0.5) is 11.4 Å². The third-order valence-electron chi connectivity index (χ3n) is 3.45. The van der Waals surface area contributed by atoms with E-state index >= 15 is 0 Å². The van der Waals surface area contributed by atoms with Crippen molar-refractivity contribution in [2.45, 2.75) is 0 Å². The smallest absolute Gasteiger partial charge is 0.139 e. The number of hydrogen-bond donors (Lipinski definition) is 1. The molecule has 0 saturated carbocycles. The number of likely N-dealkylation sites (N-methyl/N-ethyl adjacent to an activating group) is 1. The summed E-state index contributed by atoms with van der Waals surface area (Å²) < 4.78 is 1.97. The molecule has 1 aliphatic rings. The van der Waals surface area contributed by atoms with E-state index in [0.29, 0.717) is 5.69 Å². The minimum absolute atomic E-state index is 0.693. The molecule has 2 aromatic rings. The molecule has 1 saturated heterocycles. The number of piperazine rings is 1. The molecule has 6 nitrogen and oxygen atoms in total. The van der Waals surface area contributed by atoms with Crippen LogP contribution in [0.1, 0.15) is 0 Å². The zero-order valence-corrected chi connectivity index (χ0v) is 10.4. The summed E-state index contributed by atoms with van der Waals surface area (Å²) in [7, 11) is 2.13.